The zero-order valence-electron chi connectivity index (χ0n) is 18.7. The Kier molecular flexibility index (Phi) is 8.48. The molecule has 1 aromatic carbocycles. The Labute approximate surface area is 182 Å². The topological polar surface area (TPSA) is 51.2 Å². The second-order valence-corrected chi connectivity index (χ2v) is 8.83. The van der Waals surface area contributed by atoms with Gasteiger partial charge >= 0.3 is 6.18 Å². The molecule has 4 nitrogen and oxygen atoms in total. The van der Waals surface area contributed by atoms with Gasteiger partial charge in [0.2, 0.25) is 5.91 Å². The molecule has 1 amide bonds. The Morgan fingerprint density at radius 3 is 2.32 bits per heavy atom. The molecule has 1 aromatic heterocycles. The van der Waals surface area contributed by atoms with Gasteiger partial charge in [-0.25, -0.2) is 4.98 Å². The molecule has 0 aliphatic heterocycles. The maximum Gasteiger partial charge on any atom is 0.419 e. The van der Waals surface area contributed by atoms with Crippen LogP contribution in [0.3, 0.4) is 0 Å². The first-order chi connectivity index (χ1) is 14.5. The van der Waals surface area contributed by atoms with Crippen LogP contribution in [0, 0.1) is 17.8 Å². The largest absolute Gasteiger partial charge is 0.493 e. The summed E-state index contributed by atoms with van der Waals surface area (Å²) in [6.45, 7) is 10.2. The van der Waals surface area contributed by atoms with Gasteiger partial charge in [-0.1, -0.05) is 40.7 Å². The second-order valence-electron chi connectivity index (χ2n) is 8.83. The lowest BCUT2D eigenvalue weighted by Crippen LogP contribution is -2.15. The smallest absolute Gasteiger partial charge is 0.419 e. The lowest BCUT2D eigenvalue weighted by Gasteiger charge is -2.19. The molecule has 0 saturated carbocycles. The molecular weight excluding hydrogens is 405 g/mol. The van der Waals surface area contributed by atoms with Gasteiger partial charge in [0.25, 0.3) is 0 Å². The highest BCUT2D eigenvalue weighted by Crippen LogP contribution is 2.39. The molecule has 1 atom stereocenters. The summed E-state index contributed by atoms with van der Waals surface area (Å²) >= 11 is 0. The average molecular weight is 437 g/mol. The minimum atomic E-state index is -4.55. The monoisotopic (exact) mass is 436 g/mol. The van der Waals surface area contributed by atoms with Crippen molar-refractivity contribution in [3.05, 3.63) is 42.1 Å². The van der Waals surface area contributed by atoms with Gasteiger partial charge in [-0.2, -0.15) is 13.2 Å². The first-order valence-electron chi connectivity index (χ1n) is 10.6. The van der Waals surface area contributed by atoms with E-state index in [1.54, 1.807) is 18.2 Å². The van der Waals surface area contributed by atoms with Crippen LogP contribution in [0.15, 0.2) is 36.5 Å². The van der Waals surface area contributed by atoms with Crippen LogP contribution in [0.5, 0.6) is 5.75 Å². The van der Waals surface area contributed by atoms with E-state index in [0.29, 0.717) is 29.3 Å². The van der Waals surface area contributed by atoms with Crippen LogP contribution in [0.4, 0.5) is 19.0 Å². The molecular formula is C24H31F3N2O2. The molecule has 0 aliphatic rings. The van der Waals surface area contributed by atoms with Gasteiger partial charge in [-0.15, -0.1) is 0 Å². The summed E-state index contributed by atoms with van der Waals surface area (Å²) in [4.78, 5) is 16.1. The van der Waals surface area contributed by atoms with E-state index in [9.17, 15) is 18.0 Å². The molecule has 1 unspecified atom stereocenters. The highest BCUT2D eigenvalue weighted by Gasteiger charge is 2.35. The number of nitrogens with zero attached hydrogens (tertiary/aromatic N) is 1. The molecule has 2 aromatic rings. The predicted octanol–water partition coefficient (Wildman–Crippen LogP) is 6.81. The van der Waals surface area contributed by atoms with E-state index in [2.05, 4.69) is 24.1 Å². The zero-order chi connectivity index (χ0) is 23.2. The number of aromatic nitrogens is 1. The Bertz CT molecular complexity index is 879. The summed E-state index contributed by atoms with van der Waals surface area (Å²) in [5.41, 5.74) is 0.0840. The predicted molar refractivity (Wildman–Crippen MR) is 117 cm³/mol. The Balaban J connectivity index is 2.26. The lowest BCUT2D eigenvalue weighted by molar-refractivity contribution is -0.139. The van der Waals surface area contributed by atoms with Crippen molar-refractivity contribution in [3.63, 3.8) is 0 Å². The SMILES string of the molecule is CC(C)CC(=O)Nc1cc(-c2ccc(OCC(C)CC(C)C)c(C(F)(F)F)c2)ccn1. The Morgan fingerprint density at radius 2 is 1.71 bits per heavy atom. The maximum absolute atomic E-state index is 13.7. The molecule has 31 heavy (non-hydrogen) atoms. The number of halogens is 3. The van der Waals surface area contributed by atoms with Crippen LogP contribution < -0.4 is 10.1 Å². The first-order valence-corrected chi connectivity index (χ1v) is 10.6. The van der Waals surface area contributed by atoms with Gasteiger partial charge in [0, 0.05) is 12.6 Å². The normalized spacial score (nSPS) is 12.8. The number of anilines is 1. The minimum Gasteiger partial charge on any atom is -0.493 e. The Morgan fingerprint density at radius 1 is 1.03 bits per heavy atom. The number of carbonyl (C=O) groups excluding carboxylic acids is 1. The molecule has 2 rings (SSSR count). The zero-order valence-corrected chi connectivity index (χ0v) is 18.7. The van der Waals surface area contributed by atoms with Crippen molar-refractivity contribution in [2.45, 2.75) is 53.6 Å². The number of pyridine rings is 1. The fourth-order valence-corrected chi connectivity index (χ4v) is 3.40. The van der Waals surface area contributed by atoms with Crippen LogP contribution in [-0.2, 0) is 11.0 Å². The van der Waals surface area contributed by atoms with Crippen LogP contribution in [0.2, 0.25) is 0 Å². The molecule has 1 heterocycles. The number of carbonyl (C=O) groups is 1. The van der Waals surface area contributed by atoms with Crippen molar-refractivity contribution < 1.29 is 22.7 Å². The summed E-state index contributed by atoms with van der Waals surface area (Å²) < 4.78 is 46.6. The van der Waals surface area contributed by atoms with Gasteiger partial charge in [-0.3, -0.25) is 4.79 Å². The van der Waals surface area contributed by atoms with E-state index in [0.717, 1.165) is 12.5 Å². The average Bonchev–Trinajstić information content (AvgIpc) is 2.64. The van der Waals surface area contributed by atoms with Gasteiger partial charge in [0.05, 0.1) is 12.2 Å². The van der Waals surface area contributed by atoms with E-state index in [1.165, 1.54) is 12.3 Å². The molecule has 0 aliphatic carbocycles. The van der Waals surface area contributed by atoms with E-state index >= 15 is 0 Å². The second kappa shape index (κ2) is 10.6. The van der Waals surface area contributed by atoms with Gasteiger partial charge in [-0.05, 0) is 59.6 Å². The van der Waals surface area contributed by atoms with E-state index < -0.39 is 11.7 Å². The summed E-state index contributed by atoms with van der Waals surface area (Å²) in [7, 11) is 0. The van der Waals surface area contributed by atoms with Crippen molar-refractivity contribution in [1.82, 2.24) is 4.98 Å². The number of amides is 1. The molecule has 0 saturated heterocycles. The fraction of sp³-hybridized carbons (Fsp3) is 0.500. The molecule has 0 fully saturated rings. The Hall–Kier alpha value is -2.57. The van der Waals surface area contributed by atoms with Crippen LogP contribution in [0.1, 0.15) is 53.0 Å². The highest BCUT2D eigenvalue weighted by atomic mass is 19.4. The van der Waals surface area contributed by atoms with Crippen molar-refractivity contribution >= 4 is 11.7 Å². The standard InChI is InChI=1S/C24H31F3N2O2/c1-15(2)10-17(5)14-31-21-7-6-18(12-20(21)24(25,26)27)19-8-9-28-22(13-19)29-23(30)11-16(3)4/h6-9,12-13,15-17H,10-11,14H2,1-5H3,(H,28,29,30). The highest BCUT2D eigenvalue weighted by molar-refractivity contribution is 5.90. The first kappa shape index (κ1) is 24.7. The third-order valence-electron chi connectivity index (χ3n) is 4.64. The summed E-state index contributed by atoms with van der Waals surface area (Å²) in [6, 6.07) is 7.21. The number of rotatable bonds is 9. The van der Waals surface area contributed by atoms with E-state index in [-0.39, 0.29) is 30.1 Å². The van der Waals surface area contributed by atoms with Crippen molar-refractivity contribution in [1.29, 1.82) is 0 Å². The van der Waals surface area contributed by atoms with Crippen molar-refractivity contribution in [2.75, 3.05) is 11.9 Å². The number of hydrogen-bond donors (Lipinski definition) is 1. The summed E-state index contributed by atoms with van der Waals surface area (Å²) in [6.07, 6.45) is -1.87. The molecule has 0 radical (unpaired) electrons. The molecule has 170 valence electrons. The van der Waals surface area contributed by atoms with Crippen LogP contribution >= 0.6 is 0 Å². The van der Waals surface area contributed by atoms with Crippen molar-refractivity contribution in [3.8, 4) is 16.9 Å². The van der Waals surface area contributed by atoms with Crippen LogP contribution in [-0.4, -0.2) is 17.5 Å². The molecule has 0 spiro atoms. The third kappa shape index (κ3) is 7.89. The maximum atomic E-state index is 13.7. The summed E-state index contributed by atoms with van der Waals surface area (Å²) in [5.74, 6) is 0.733. The van der Waals surface area contributed by atoms with Crippen LogP contribution in [0.25, 0.3) is 11.1 Å². The van der Waals surface area contributed by atoms with Gasteiger partial charge in [0.15, 0.2) is 0 Å². The number of benzene rings is 1. The quantitative estimate of drug-likeness (QED) is 0.470. The molecule has 7 heteroatoms. The lowest BCUT2D eigenvalue weighted by atomic mass is 9.99. The van der Waals surface area contributed by atoms with E-state index in [1.807, 2.05) is 20.8 Å². The van der Waals surface area contributed by atoms with E-state index in [4.69, 9.17) is 4.74 Å². The summed E-state index contributed by atoms with van der Waals surface area (Å²) in [5, 5.41) is 2.69. The van der Waals surface area contributed by atoms with Crippen molar-refractivity contribution in [2.24, 2.45) is 17.8 Å². The fourth-order valence-electron chi connectivity index (χ4n) is 3.40. The number of alkyl halides is 3. The number of hydrogen-bond acceptors (Lipinski definition) is 3. The van der Waals surface area contributed by atoms with Gasteiger partial charge in [0.1, 0.15) is 11.6 Å². The third-order valence-corrected chi connectivity index (χ3v) is 4.64. The number of nitrogens with one attached hydrogen (secondary N) is 1. The molecule has 1 N–H and O–H groups in total. The molecule has 0 bridgehead atoms. The number of ether oxygens (including phenoxy) is 1. The van der Waals surface area contributed by atoms with Gasteiger partial charge < -0.3 is 10.1 Å². The minimum absolute atomic E-state index is 0.151.